The number of halogens is 1. The standard InChI is InChI=1S/C21H27FN10O10P2S/c22-13-10(11(5-40-44(36,37)45)42-20(13)32-8-27-14-16(23)25-6-26-17(14)32)4-39-43(34,35)38-3-9-1-2-12(41-9)31-7-28-15-18(31)29-21(24)30-19(15)33/h6-13,20H,1-5H2,(H,34,35)(H2,23,25,26)(H2,36,37,45)(H3,24,29,30,33)/t9-,10+,11+,12+,13-,20+/m0/s1. The number of imidazole rings is 2. The second kappa shape index (κ2) is 12.3. The number of aromatic amines is 1. The molecule has 2 aliphatic heterocycles. The van der Waals surface area contributed by atoms with Crippen LogP contribution in [-0.4, -0.2) is 91.9 Å². The lowest BCUT2D eigenvalue weighted by molar-refractivity contribution is -0.0386. The summed E-state index contributed by atoms with van der Waals surface area (Å²) in [6.45, 7) is -5.77. The van der Waals surface area contributed by atoms with Crippen LogP contribution in [0.4, 0.5) is 16.2 Å². The highest BCUT2D eigenvalue weighted by atomic mass is 32.5. The Hall–Kier alpha value is -3.01. The maximum Gasteiger partial charge on any atom is 0.472 e. The van der Waals surface area contributed by atoms with Gasteiger partial charge in [-0.05, 0) is 24.6 Å². The lowest BCUT2D eigenvalue weighted by atomic mass is 10.0. The number of phosphoric ester groups is 1. The van der Waals surface area contributed by atoms with E-state index in [4.69, 9.17) is 34.5 Å². The van der Waals surface area contributed by atoms with Crippen LogP contribution in [0.3, 0.4) is 0 Å². The van der Waals surface area contributed by atoms with Crippen molar-refractivity contribution in [3.63, 3.8) is 0 Å². The minimum absolute atomic E-state index is 0.0547. The molecule has 6 heterocycles. The lowest BCUT2D eigenvalue weighted by Crippen LogP contribution is -2.30. The summed E-state index contributed by atoms with van der Waals surface area (Å²) in [6, 6.07) is 0. The first-order valence-corrected chi connectivity index (χ1v) is 17.3. The predicted octanol–water partition coefficient (Wildman–Crippen LogP) is 0.0125. The monoisotopic (exact) mass is 692 g/mol. The van der Waals surface area contributed by atoms with E-state index < -0.39 is 70.1 Å². The average molecular weight is 693 g/mol. The highest BCUT2D eigenvalue weighted by Gasteiger charge is 2.48. The summed E-state index contributed by atoms with van der Waals surface area (Å²) in [5.41, 5.74) is 11.6. The van der Waals surface area contributed by atoms with Gasteiger partial charge in [0.2, 0.25) is 5.95 Å². The van der Waals surface area contributed by atoms with Crippen LogP contribution in [0.25, 0.3) is 22.3 Å². The minimum atomic E-state index is -4.76. The average Bonchev–Trinajstić information content (AvgIpc) is 3.75. The van der Waals surface area contributed by atoms with Gasteiger partial charge in [-0.1, -0.05) is 0 Å². The number of hydrogen-bond donors (Lipinski definition) is 6. The van der Waals surface area contributed by atoms with Crippen molar-refractivity contribution >= 4 is 60.4 Å². The molecule has 4 aromatic rings. The van der Waals surface area contributed by atoms with Gasteiger partial charge < -0.3 is 40.1 Å². The zero-order valence-corrected chi connectivity index (χ0v) is 25.5. The van der Waals surface area contributed by atoms with Gasteiger partial charge in [0.15, 0.2) is 35.0 Å². The number of rotatable bonds is 11. The molecule has 1 unspecified atom stereocenters. The first kappa shape index (κ1) is 32.0. The van der Waals surface area contributed by atoms with E-state index >= 15 is 4.39 Å². The highest BCUT2D eigenvalue weighted by Crippen LogP contribution is 2.48. The topological polar surface area (TPSA) is 283 Å². The van der Waals surface area contributed by atoms with Crippen molar-refractivity contribution in [2.24, 2.45) is 5.92 Å². The quantitative estimate of drug-likeness (QED) is 0.113. The first-order valence-electron chi connectivity index (χ1n) is 13.2. The van der Waals surface area contributed by atoms with Gasteiger partial charge in [0.05, 0.1) is 44.7 Å². The van der Waals surface area contributed by atoms with Crippen LogP contribution in [0, 0.1) is 5.92 Å². The second-order valence-corrected chi connectivity index (χ2v) is 14.3. The Kier molecular flexibility index (Phi) is 8.74. The van der Waals surface area contributed by atoms with Crippen molar-refractivity contribution < 1.29 is 46.7 Å². The van der Waals surface area contributed by atoms with E-state index in [1.54, 1.807) is 0 Å². The van der Waals surface area contributed by atoms with Crippen LogP contribution in [0.15, 0.2) is 23.8 Å². The van der Waals surface area contributed by atoms with Crippen LogP contribution in [0.1, 0.15) is 25.3 Å². The summed E-state index contributed by atoms with van der Waals surface area (Å²) >= 11 is 4.48. The highest BCUT2D eigenvalue weighted by molar-refractivity contribution is 8.06. The Morgan fingerprint density at radius 3 is 2.51 bits per heavy atom. The van der Waals surface area contributed by atoms with Crippen molar-refractivity contribution in [1.29, 1.82) is 0 Å². The summed E-state index contributed by atoms with van der Waals surface area (Å²) in [6.07, 6.45) is -1.08. The molecule has 6 rings (SSSR count). The van der Waals surface area contributed by atoms with Gasteiger partial charge in [0.1, 0.15) is 18.1 Å². The van der Waals surface area contributed by atoms with Crippen LogP contribution in [-0.2, 0) is 39.4 Å². The SMILES string of the molecule is Nc1nc2c(ncn2[C@H]2CC[C@@H](COP(=O)(O)OC[C@H]3[C@H](F)[C@H](n4cnc5c(N)ncnc54)O[C@@H]3COP(O)(O)=S)O2)c(=O)[nH]1. The van der Waals surface area contributed by atoms with Crippen molar-refractivity contribution in [3.05, 3.63) is 29.3 Å². The van der Waals surface area contributed by atoms with E-state index in [0.717, 1.165) is 6.33 Å². The Morgan fingerprint density at radius 2 is 1.73 bits per heavy atom. The number of nitrogens with zero attached hydrogens (tertiary/aromatic N) is 7. The van der Waals surface area contributed by atoms with Crippen molar-refractivity contribution in [1.82, 2.24) is 39.0 Å². The molecule has 0 spiro atoms. The molecular weight excluding hydrogens is 665 g/mol. The van der Waals surface area contributed by atoms with Crippen LogP contribution < -0.4 is 17.0 Å². The summed E-state index contributed by atoms with van der Waals surface area (Å²) in [5.74, 6) is -1.30. The number of ether oxygens (including phenoxy) is 2. The molecule has 2 fully saturated rings. The summed E-state index contributed by atoms with van der Waals surface area (Å²) in [7, 11) is -4.76. The van der Waals surface area contributed by atoms with E-state index in [9.17, 15) is 24.0 Å². The number of H-pyrrole nitrogens is 1. The Balaban J connectivity index is 1.09. The number of nitrogens with two attached hydrogens (primary N) is 2. The molecule has 0 saturated carbocycles. The molecule has 2 aliphatic rings. The summed E-state index contributed by atoms with van der Waals surface area (Å²) < 4.78 is 58.3. The third-order valence-electron chi connectivity index (χ3n) is 7.24. The van der Waals surface area contributed by atoms with Crippen molar-refractivity contribution in [2.45, 2.75) is 43.7 Å². The van der Waals surface area contributed by atoms with E-state index in [0.29, 0.717) is 12.8 Å². The van der Waals surface area contributed by atoms with Gasteiger partial charge in [-0.25, -0.2) is 28.9 Å². The Morgan fingerprint density at radius 1 is 1.00 bits per heavy atom. The van der Waals surface area contributed by atoms with E-state index in [1.807, 2.05) is 0 Å². The van der Waals surface area contributed by atoms with Gasteiger partial charge in [-0.15, -0.1) is 0 Å². The molecule has 8 N–H and O–H groups in total. The van der Waals surface area contributed by atoms with E-state index in [1.165, 1.54) is 21.8 Å². The summed E-state index contributed by atoms with van der Waals surface area (Å²) in [5, 5.41) is 0. The van der Waals surface area contributed by atoms with Gasteiger partial charge in [-0.3, -0.25) is 28.0 Å². The lowest BCUT2D eigenvalue weighted by Gasteiger charge is -2.22. The molecule has 4 aromatic heterocycles. The molecule has 244 valence electrons. The fraction of sp³-hybridized carbons (Fsp3) is 0.524. The second-order valence-electron chi connectivity index (χ2n) is 10.2. The molecule has 0 aromatic carbocycles. The number of aromatic nitrogens is 8. The number of phosphoric acid groups is 1. The third-order valence-corrected chi connectivity index (χ3v) is 8.99. The van der Waals surface area contributed by atoms with Crippen LogP contribution in [0.2, 0.25) is 0 Å². The number of nitrogen functional groups attached to an aromatic ring is 2. The molecule has 7 atom stereocenters. The van der Waals surface area contributed by atoms with Gasteiger partial charge >= 0.3 is 14.5 Å². The minimum Gasteiger partial charge on any atom is -0.382 e. The molecular formula is C21H27FN10O10P2S. The Labute approximate surface area is 256 Å². The number of anilines is 2. The number of nitrogens with one attached hydrogen (secondary N) is 1. The zero-order chi connectivity index (χ0) is 32.1. The van der Waals surface area contributed by atoms with Crippen molar-refractivity contribution in [2.75, 3.05) is 31.3 Å². The predicted molar refractivity (Wildman–Crippen MR) is 154 cm³/mol. The van der Waals surface area contributed by atoms with E-state index in [-0.39, 0.29) is 40.7 Å². The molecule has 2 saturated heterocycles. The van der Waals surface area contributed by atoms with Gasteiger partial charge in [-0.2, -0.15) is 4.98 Å². The number of fused-ring (bicyclic) bond motifs is 2. The number of alkyl halides is 1. The van der Waals surface area contributed by atoms with Crippen LogP contribution >= 0.6 is 14.5 Å². The molecule has 24 heteroatoms. The largest absolute Gasteiger partial charge is 0.472 e. The third kappa shape index (κ3) is 6.76. The molecule has 0 bridgehead atoms. The molecule has 0 radical (unpaired) electrons. The molecule has 45 heavy (non-hydrogen) atoms. The fourth-order valence-corrected chi connectivity index (χ4v) is 6.46. The maximum absolute atomic E-state index is 15.9. The smallest absolute Gasteiger partial charge is 0.382 e. The van der Waals surface area contributed by atoms with Crippen molar-refractivity contribution in [3.8, 4) is 0 Å². The maximum atomic E-state index is 15.9. The normalized spacial score (nSPS) is 27.0. The zero-order valence-electron chi connectivity index (χ0n) is 22.9. The molecule has 0 aliphatic carbocycles. The summed E-state index contributed by atoms with van der Waals surface area (Å²) in [4.78, 5) is 64.0. The van der Waals surface area contributed by atoms with E-state index in [2.05, 4.69) is 41.7 Å². The van der Waals surface area contributed by atoms with Gasteiger partial charge in [0, 0.05) is 5.92 Å². The molecule has 0 amide bonds. The fourth-order valence-electron chi connectivity index (χ4n) is 5.14. The number of hydrogen-bond acceptors (Lipinski definition) is 15. The molecule has 20 nitrogen and oxygen atoms in total. The van der Waals surface area contributed by atoms with Gasteiger partial charge in [0.25, 0.3) is 5.56 Å². The van der Waals surface area contributed by atoms with Crippen LogP contribution in [0.5, 0.6) is 0 Å². The Bertz CT molecular complexity index is 1870. The first-order chi connectivity index (χ1) is 21.3.